The van der Waals surface area contributed by atoms with Gasteiger partial charge >= 0.3 is 0 Å². The van der Waals surface area contributed by atoms with E-state index in [2.05, 4.69) is 9.97 Å². The number of carbonyl (C=O) groups is 1. The van der Waals surface area contributed by atoms with Crippen molar-refractivity contribution in [2.45, 2.75) is 37.3 Å². The molecule has 160 valence electrons. The van der Waals surface area contributed by atoms with Crippen molar-refractivity contribution in [2.24, 2.45) is 0 Å². The van der Waals surface area contributed by atoms with Crippen LogP contribution in [0.1, 0.15) is 46.5 Å². The molecule has 1 saturated carbocycles. The fourth-order valence-electron chi connectivity index (χ4n) is 4.05. The first kappa shape index (κ1) is 20.0. The molecule has 2 N–H and O–H groups in total. The Morgan fingerprint density at radius 2 is 2.13 bits per heavy atom. The average Bonchev–Trinajstić information content (AvgIpc) is 3.40. The van der Waals surface area contributed by atoms with Gasteiger partial charge in [-0.3, -0.25) is 14.6 Å². The largest absolute Gasteiger partial charge is 0.378 e. The predicted molar refractivity (Wildman–Crippen MR) is 107 cm³/mol. The quantitative estimate of drug-likeness (QED) is 0.643. The minimum Gasteiger partial charge on any atom is -0.378 e. The molecule has 2 aromatic heterocycles. The van der Waals surface area contributed by atoms with Crippen LogP contribution >= 0.6 is 11.3 Å². The maximum absolute atomic E-state index is 14.0. The van der Waals surface area contributed by atoms with Crippen LogP contribution in [0, 0.1) is 11.6 Å². The van der Waals surface area contributed by atoms with Gasteiger partial charge < -0.3 is 15.0 Å². The molecule has 3 aromatic rings. The number of hydrogen-bond acceptors (Lipinski definition) is 6. The number of benzene rings is 1. The lowest BCUT2D eigenvalue weighted by atomic mass is 10.0. The summed E-state index contributed by atoms with van der Waals surface area (Å²) in [6.07, 6.45) is 2.03. The lowest BCUT2D eigenvalue weighted by Crippen LogP contribution is -2.42. The van der Waals surface area contributed by atoms with Crippen molar-refractivity contribution in [1.29, 1.82) is 0 Å². The molecule has 0 unspecified atom stereocenters. The Kier molecular flexibility index (Phi) is 4.71. The Balaban J connectivity index is 1.41. The van der Waals surface area contributed by atoms with Gasteiger partial charge in [-0.15, -0.1) is 11.3 Å². The molecule has 3 heterocycles. The molecule has 1 fully saturated rings. The number of aromatic amines is 1. The SMILES string of the molecule is O=C([C@H](O)c1cccc(F)c1F)N1CCc2nc(C3(c4cncs4)CC3)[nH]c(=O)c2C1. The second-order valence-electron chi connectivity index (χ2n) is 7.84. The first-order valence-corrected chi connectivity index (χ1v) is 10.7. The number of aliphatic hydroxyl groups excluding tert-OH is 1. The van der Waals surface area contributed by atoms with Crippen molar-refractivity contribution in [2.75, 3.05) is 6.54 Å². The van der Waals surface area contributed by atoms with Crippen LogP contribution in [-0.2, 0) is 23.2 Å². The van der Waals surface area contributed by atoms with Crippen molar-refractivity contribution >= 4 is 17.2 Å². The summed E-state index contributed by atoms with van der Waals surface area (Å²) in [6, 6.07) is 3.30. The third-order valence-corrected chi connectivity index (χ3v) is 6.97. The highest BCUT2D eigenvalue weighted by molar-refractivity contribution is 7.09. The Morgan fingerprint density at radius 3 is 2.84 bits per heavy atom. The van der Waals surface area contributed by atoms with Gasteiger partial charge in [0.05, 0.1) is 28.7 Å². The summed E-state index contributed by atoms with van der Waals surface area (Å²) in [4.78, 5) is 39.6. The molecule has 5 rings (SSSR count). The van der Waals surface area contributed by atoms with Gasteiger partial charge in [0.25, 0.3) is 11.5 Å². The van der Waals surface area contributed by atoms with Crippen LogP contribution in [0.3, 0.4) is 0 Å². The monoisotopic (exact) mass is 444 g/mol. The Hall–Kier alpha value is -2.98. The van der Waals surface area contributed by atoms with Gasteiger partial charge in [0.1, 0.15) is 5.82 Å². The molecule has 0 radical (unpaired) electrons. The van der Waals surface area contributed by atoms with Crippen LogP contribution in [0.4, 0.5) is 8.78 Å². The van der Waals surface area contributed by atoms with Crippen LogP contribution < -0.4 is 5.56 Å². The number of aliphatic hydroxyl groups is 1. The number of thiazole rings is 1. The molecule has 1 aromatic carbocycles. The van der Waals surface area contributed by atoms with Crippen LogP contribution in [0.2, 0.25) is 0 Å². The number of carbonyl (C=O) groups excluding carboxylic acids is 1. The number of hydrogen-bond donors (Lipinski definition) is 2. The van der Waals surface area contributed by atoms with E-state index in [9.17, 15) is 23.5 Å². The number of nitrogens with zero attached hydrogens (tertiary/aromatic N) is 3. The van der Waals surface area contributed by atoms with Crippen molar-refractivity contribution in [1.82, 2.24) is 19.9 Å². The lowest BCUT2D eigenvalue weighted by Gasteiger charge is -2.30. The Morgan fingerprint density at radius 1 is 1.32 bits per heavy atom. The molecular formula is C21H18F2N4O3S. The van der Waals surface area contributed by atoms with Crippen LogP contribution in [0.5, 0.6) is 0 Å². The van der Waals surface area contributed by atoms with Gasteiger partial charge in [0, 0.05) is 29.6 Å². The van der Waals surface area contributed by atoms with Gasteiger partial charge in [-0.2, -0.15) is 0 Å². The second kappa shape index (κ2) is 7.31. The standard InChI is InChI=1S/C21H18F2N4O3S/c22-13-3-1-2-11(16(13)23)17(28)19(30)27-7-4-14-12(9-27)18(29)26-20(25-14)21(5-6-21)15-8-24-10-31-15/h1-3,8,10,17,28H,4-7,9H2,(H,25,26,29)/t17-/m1/s1. The highest BCUT2D eigenvalue weighted by Gasteiger charge is 2.50. The van der Waals surface area contributed by atoms with Crippen molar-refractivity contribution in [3.8, 4) is 0 Å². The number of halogens is 2. The number of aromatic nitrogens is 3. The van der Waals surface area contributed by atoms with E-state index in [-0.39, 0.29) is 24.1 Å². The number of nitrogens with one attached hydrogen (secondary N) is 1. The fraction of sp³-hybridized carbons (Fsp3) is 0.333. The van der Waals surface area contributed by atoms with E-state index in [0.717, 1.165) is 29.9 Å². The Bertz CT molecular complexity index is 1220. The maximum atomic E-state index is 14.0. The minimum absolute atomic E-state index is 0.0572. The van der Waals surface area contributed by atoms with Crippen LogP contribution in [0.25, 0.3) is 0 Å². The number of amides is 1. The van der Waals surface area contributed by atoms with E-state index in [1.165, 1.54) is 22.3 Å². The third kappa shape index (κ3) is 3.26. The predicted octanol–water partition coefficient (Wildman–Crippen LogP) is 2.20. The molecule has 7 nitrogen and oxygen atoms in total. The zero-order valence-corrected chi connectivity index (χ0v) is 17.1. The smallest absolute Gasteiger partial charge is 0.256 e. The van der Waals surface area contributed by atoms with E-state index < -0.39 is 29.2 Å². The maximum Gasteiger partial charge on any atom is 0.256 e. The minimum atomic E-state index is -1.86. The zero-order chi connectivity index (χ0) is 21.8. The van der Waals surface area contributed by atoms with Gasteiger partial charge in [0.15, 0.2) is 17.7 Å². The summed E-state index contributed by atoms with van der Waals surface area (Å²) < 4.78 is 27.5. The van der Waals surface area contributed by atoms with E-state index in [1.54, 1.807) is 11.7 Å². The van der Waals surface area contributed by atoms with Crippen molar-refractivity contribution in [3.63, 3.8) is 0 Å². The zero-order valence-electron chi connectivity index (χ0n) is 16.3. The van der Waals surface area contributed by atoms with Crippen LogP contribution in [-0.4, -0.2) is 37.4 Å². The highest BCUT2D eigenvalue weighted by Crippen LogP contribution is 2.53. The molecule has 0 saturated heterocycles. The summed E-state index contributed by atoms with van der Waals surface area (Å²) in [5, 5.41) is 10.3. The van der Waals surface area contributed by atoms with Crippen molar-refractivity contribution < 1.29 is 18.7 Å². The van der Waals surface area contributed by atoms with E-state index in [4.69, 9.17) is 4.98 Å². The average molecular weight is 444 g/mol. The Labute approximate surface area is 179 Å². The highest BCUT2D eigenvalue weighted by atomic mass is 32.1. The van der Waals surface area contributed by atoms with E-state index in [0.29, 0.717) is 23.5 Å². The summed E-state index contributed by atoms with van der Waals surface area (Å²) >= 11 is 1.53. The summed E-state index contributed by atoms with van der Waals surface area (Å²) in [6.45, 7) is 0.154. The molecule has 0 bridgehead atoms. The van der Waals surface area contributed by atoms with Gasteiger partial charge in [-0.05, 0) is 18.9 Å². The molecule has 31 heavy (non-hydrogen) atoms. The van der Waals surface area contributed by atoms with E-state index >= 15 is 0 Å². The molecule has 1 atom stereocenters. The summed E-state index contributed by atoms with van der Waals surface area (Å²) in [5.41, 5.74) is 1.65. The summed E-state index contributed by atoms with van der Waals surface area (Å²) in [7, 11) is 0. The normalized spacial score (nSPS) is 17.8. The molecule has 2 aliphatic rings. The first-order valence-electron chi connectivity index (χ1n) is 9.83. The second-order valence-corrected chi connectivity index (χ2v) is 8.73. The molecule has 10 heteroatoms. The van der Waals surface area contributed by atoms with E-state index in [1.807, 2.05) is 0 Å². The number of H-pyrrole nitrogens is 1. The van der Waals surface area contributed by atoms with Gasteiger partial charge in [0.2, 0.25) is 0 Å². The summed E-state index contributed by atoms with van der Waals surface area (Å²) in [5.74, 6) is -2.58. The topological polar surface area (TPSA) is 99.2 Å². The molecule has 1 aliphatic carbocycles. The fourth-order valence-corrected chi connectivity index (χ4v) is 4.94. The number of rotatable bonds is 4. The van der Waals surface area contributed by atoms with Crippen LogP contribution in [0.15, 0.2) is 34.7 Å². The molecular weight excluding hydrogens is 426 g/mol. The van der Waals surface area contributed by atoms with Gasteiger partial charge in [-0.25, -0.2) is 13.8 Å². The molecule has 1 aliphatic heterocycles. The molecule has 0 spiro atoms. The number of fused-ring (bicyclic) bond motifs is 1. The van der Waals surface area contributed by atoms with Crippen molar-refractivity contribution in [3.05, 3.63) is 79.4 Å². The molecule has 1 amide bonds. The third-order valence-electron chi connectivity index (χ3n) is 6.00. The lowest BCUT2D eigenvalue weighted by molar-refractivity contribution is -0.141. The van der Waals surface area contributed by atoms with Gasteiger partial charge in [-0.1, -0.05) is 12.1 Å². The first-order chi connectivity index (χ1) is 14.9.